The van der Waals surface area contributed by atoms with Crippen LogP contribution >= 0.6 is 0 Å². The van der Waals surface area contributed by atoms with Crippen molar-refractivity contribution in [1.29, 1.82) is 0 Å². The maximum Gasteiger partial charge on any atom is 0.217 e. The Morgan fingerprint density at radius 2 is 1.90 bits per heavy atom. The number of nitrogens with one attached hydrogen (secondary N) is 1. The van der Waals surface area contributed by atoms with Crippen molar-refractivity contribution in [1.82, 2.24) is 14.9 Å². The van der Waals surface area contributed by atoms with Crippen LogP contribution < -0.4 is 10.1 Å². The molecule has 1 aromatic heterocycles. The molecule has 0 unspecified atom stereocenters. The first-order valence-electron chi connectivity index (χ1n) is 9.55. The second-order valence-electron chi connectivity index (χ2n) is 7.04. The SMILES string of the molecule is COc1ccccc1-c1cccc(-n2cnc3cc([C@@H](C)NC(C)=O)ccc32)c1. The lowest BCUT2D eigenvalue weighted by atomic mass is 10.0. The molecule has 0 bridgehead atoms. The predicted octanol–water partition coefficient (Wildman–Crippen LogP) is 4.90. The Balaban J connectivity index is 1.73. The predicted molar refractivity (Wildman–Crippen MR) is 115 cm³/mol. The van der Waals surface area contributed by atoms with E-state index in [1.165, 1.54) is 6.92 Å². The van der Waals surface area contributed by atoms with Crippen molar-refractivity contribution in [2.75, 3.05) is 7.11 Å². The van der Waals surface area contributed by atoms with Crippen molar-refractivity contribution < 1.29 is 9.53 Å². The van der Waals surface area contributed by atoms with Crippen LogP contribution in [0.4, 0.5) is 0 Å². The van der Waals surface area contributed by atoms with Gasteiger partial charge in [-0.25, -0.2) is 4.98 Å². The lowest BCUT2D eigenvalue weighted by Gasteiger charge is -2.13. The number of imidazole rings is 1. The molecule has 0 saturated carbocycles. The Morgan fingerprint density at radius 3 is 2.69 bits per heavy atom. The standard InChI is InChI=1S/C24H23N3O2/c1-16(26-17(2)28)18-11-12-23-22(14-18)25-15-27(23)20-8-6-7-19(13-20)21-9-4-5-10-24(21)29-3/h4-16H,1-3H3,(H,26,28)/t16-/m1/s1. The number of hydrogen-bond acceptors (Lipinski definition) is 3. The minimum atomic E-state index is -0.0593. The smallest absolute Gasteiger partial charge is 0.217 e. The van der Waals surface area contributed by atoms with Gasteiger partial charge >= 0.3 is 0 Å². The third-order valence-corrected chi connectivity index (χ3v) is 5.03. The molecule has 1 amide bonds. The van der Waals surface area contributed by atoms with Gasteiger partial charge in [0.2, 0.25) is 5.91 Å². The Bertz CT molecular complexity index is 1180. The van der Waals surface area contributed by atoms with Gasteiger partial charge in [0, 0.05) is 18.2 Å². The van der Waals surface area contributed by atoms with E-state index in [1.807, 2.05) is 55.7 Å². The van der Waals surface area contributed by atoms with Crippen molar-refractivity contribution in [3.8, 4) is 22.6 Å². The van der Waals surface area contributed by atoms with Gasteiger partial charge in [-0.15, -0.1) is 0 Å². The summed E-state index contributed by atoms with van der Waals surface area (Å²) in [5.74, 6) is 0.799. The average Bonchev–Trinajstić information content (AvgIpc) is 3.16. The minimum Gasteiger partial charge on any atom is -0.496 e. The fraction of sp³-hybridized carbons (Fsp3) is 0.167. The van der Waals surface area contributed by atoms with E-state index in [0.29, 0.717) is 0 Å². The van der Waals surface area contributed by atoms with E-state index in [0.717, 1.165) is 39.2 Å². The molecule has 5 nitrogen and oxygen atoms in total. The molecule has 0 aliphatic rings. The minimum absolute atomic E-state index is 0.0451. The number of ether oxygens (including phenoxy) is 1. The van der Waals surface area contributed by atoms with Gasteiger partial charge in [0.1, 0.15) is 12.1 Å². The molecule has 4 aromatic rings. The van der Waals surface area contributed by atoms with Gasteiger partial charge in [-0.1, -0.05) is 36.4 Å². The van der Waals surface area contributed by atoms with Gasteiger partial charge in [0.25, 0.3) is 0 Å². The highest BCUT2D eigenvalue weighted by Gasteiger charge is 2.12. The fourth-order valence-corrected chi connectivity index (χ4v) is 3.60. The number of methoxy groups -OCH3 is 1. The molecule has 0 saturated heterocycles. The third-order valence-electron chi connectivity index (χ3n) is 5.03. The van der Waals surface area contributed by atoms with Crippen LogP contribution in [0.25, 0.3) is 27.8 Å². The molecular weight excluding hydrogens is 362 g/mol. The number of nitrogens with zero attached hydrogens (tertiary/aromatic N) is 2. The summed E-state index contributed by atoms with van der Waals surface area (Å²) >= 11 is 0. The van der Waals surface area contributed by atoms with Crippen molar-refractivity contribution in [2.45, 2.75) is 19.9 Å². The zero-order chi connectivity index (χ0) is 20.4. The topological polar surface area (TPSA) is 56.1 Å². The number of carbonyl (C=O) groups is 1. The third kappa shape index (κ3) is 3.72. The van der Waals surface area contributed by atoms with Gasteiger partial charge in [0.15, 0.2) is 0 Å². The van der Waals surface area contributed by atoms with Crippen LogP contribution in [-0.4, -0.2) is 22.6 Å². The first-order valence-corrected chi connectivity index (χ1v) is 9.55. The second kappa shape index (κ2) is 7.80. The summed E-state index contributed by atoms with van der Waals surface area (Å²) in [7, 11) is 1.69. The maximum atomic E-state index is 11.3. The number of amides is 1. The van der Waals surface area contributed by atoms with Crippen LogP contribution in [0, 0.1) is 0 Å². The fourth-order valence-electron chi connectivity index (χ4n) is 3.60. The van der Waals surface area contributed by atoms with E-state index in [2.05, 4.69) is 39.1 Å². The Hall–Kier alpha value is -3.60. The number of fused-ring (bicyclic) bond motifs is 1. The zero-order valence-corrected chi connectivity index (χ0v) is 16.7. The Kier molecular flexibility index (Phi) is 5.04. The highest BCUT2D eigenvalue weighted by atomic mass is 16.5. The molecule has 0 fully saturated rings. The molecule has 0 spiro atoms. The van der Waals surface area contributed by atoms with E-state index >= 15 is 0 Å². The molecule has 29 heavy (non-hydrogen) atoms. The van der Waals surface area contributed by atoms with Gasteiger partial charge in [-0.3, -0.25) is 9.36 Å². The quantitative estimate of drug-likeness (QED) is 0.532. The summed E-state index contributed by atoms with van der Waals surface area (Å²) in [5, 5.41) is 2.91. The summed E-state index contributed by atoms with van der Waals surface area (Å²) < 4.78 is 7.59. The number of carbonyl (C=O) groups excluding carboxylic acids is 1. The number of hydrogen-bond donors (Lipinski definition) is 1. The van der Waals surface area contributed by atoms with Crippen molar-refractivity contribution >= 4 is 16.9 Å². The monoisotopic (exact) mass is 385 g/mol. The van der Waals surface area contributed by atoms with Crippen LogP contribution in [0.5, 0.6) is 5.75 Å². The summed E-state index contributed by atoms with van der Waals surface area (Å²) in [6.07, 6.45) is 1.83. The van der Waals surface area contributed by atoms with E-state index < -0.39 is 0 Å². The van der Waals surface area contributed by atoms with Crippen LogP contribution in [0.2, 0.25) is 0 Å². The number of aromatic nitrogens is 2. The highest BCUT2D eigenvalue weighted by Crippen LogP contribution is 2.31. The molecule has 1 N–H and O–H groups in total. The molecule has 5 heteroatoms. The average molecular weight is 385 g/mol. The first kappa shape index (κ1) is 18.7. The normalized spacial score (nSPS) is 12.0. The van der Waals surface area contributed by atoms with Crippen molar-refractivity contribution in [3.05, 3.63) is 78.6 Å². The molecule has 0 aliphatic heterocycles. The summed E-state index contributed by atoms with van der Waals surface area (Å²) in [6.45, 7) is 3.49. The second-order valence-corrected chi connectivity index (χ2v) is 7.04. The number of benzene rings is 3. The van der Waals surface area contributed by atoms with Gasteiger partial charge < -0.3 is 10.1 Å². The van der Waals surface area contributed by atoms with Gasteiger partial charge in [0.05, 0.1) is 24.2 Å². The molecule has 1 atom stereocenters. The Morgan fingerprint density at radius 1 is 1.07 bits per heavy atom. The lowest BCUT2D eigenvalue weighted by molar-refractivity contribution is -0.119. The summed E-state index contributed by atoms with van der Waals surface area (Å²) in [6, 6.07) is 22.4. The van der Waals surface area contributed by atoms with E-state index in [4.69, 9.17) is 4.74 Å². The maximum absolute atomic E-state index is 11.3. The first-order chi connectivity index (χ1) is 14.1. The molecule has 0 radical (unpaired) electrons. The van der Waals surface area contributed by atoms with Gasteiger partial charge in [-0.05, 0) is 48.4 Å². The van der Waals surface area contributed by atoms with E-state index in [9.17, 15) is 4.79 Å². The lowest BCUT2D eigenvalue weighted by Crippen LogP contribution is -2.23. The van der Waals surface area contributed by atoms with Crippen molar-refractivity contribution in [3.63, 3.8) is 0 Å². The highest BCUT2D eigenvalue weighted by molar-refractivity contribution is 5.80. The largest absolute Gasteiger partial charge is 0.496 e. The van der Waals surface area contributed by atoms with Crippen LogP contribution in [0.3, 0.4) is 0 Å². The van der Waals surface area contributed by atoms with E-state index in [1.54, 1.807) is 7.11 Å². The zero-order valence-electron chi connectivity index (χ0n) is 16.7. The summed E-state index contributed by atoms with van der Waals surface area (Å²) in [5.41, 5.74) is 6.09. The van der Waals surface area contributed by atoms with Gasteiger partial charge in [-0.2, -0.15) is 0 Å². The molecule has 4 rings (SSSR count). The number of rotatable bonds is 5. The number of para-hydroxylation sites is 1. The summed E-state index contributed by atoms with van der Waals surface area (Å²) in [4.78, 5) is 15.9. The van der Waals surface area contributed by atoms with E-state index in [-0.39, 0.29) is 11.9 Å². The van der Waals surface area contributed by atoms with Crippen LogP contribution in [0.15, 0.2) is 73.1 Å². The molecule has 3 aromatic carbocycles. The van der Waals surface area contributed by atoms with Crippen molar-refractivity contribution in [2.24, 2.45) is 0 Å². The molecule has 0 aliphatic carbocycles. The molecule has 146 valence electrons. The van der Waals surface area contributed by atoms with Crippen LogP contribution in [-0.2, 0) is 4.79 Å². The molecular formula is C24H23N3O2. The molecule has 1 heterocycles. The Labute approximate surface area is 170 Å². The van der Waals surface area contributed by atoms with Crippen LogP contribution in [0.1, 0.15) is 25.5 Å².